The van der Waals surface area contributed by atoms with Gasteiger partial charge in [0, 0.05) is 52.9 Å². The number of carbonyl (C=O) groups is 1. The van der Waals surface area contributed by atoms with Gasteiger partial charge in [0.1, 0.15) is 0 Å². The molecular formula is C21H39N5O3. The molecule has 2 aliphatic heterocycles. The number of hydrogen-bond acceptors (Lipinski definition) is 5. The first-order chi connectivity index (χ1) is 14.3. The maximum absolute atomic E-state index is 12.4. The lowest BCUT2D eigenvalue weighted by Crippen LogP contribution is -2.55. The molecule has 0 aromatic rings. The summed E-state index contributed by atoms with van der Waals surface area (Å²) in [5.74, 6) is 1.16. The number of guanidine groups is 1. The highest BCUT2D eigenvalue weighted by molar-refractivity contribution is 5.80. The minimum atomic E-state index is 0.222. The van der Waals surface area contributed by atoms with E-state index < -0.39 is 0 Å². The normalized spacial score (nSPS) is 23.1. The molecule has 1 N–H and O–H groups in total. The molecule has 166 valence electrons. The van der Waals surface area contributed by atoms with Gasteiger partial charge < -0.3 is 24.6 Å². The number of amides is 1. The van der Waals surface area contributed by atoms with Gasteiger partial charge in [-0.05, 0) is 12.8 Å². The maximum Gasteiger partial charge on any atom is 0.236 e. The number of rotatable bonds is 6. The van der Waals surface area contributed by atoms with Crippen LogP contribution >= 0.6 is 0 Å². The zero-order valence-electron chi connectivity index (χ0n) is 18.1. The Morgan fingerprint density at radius 3 is 2.34 bits per heavy atom. The Hall–Kier alpha value is -1.38. The molecule has 0 aromatic heterocycles. The monoisotopic (exact) mass is 409 g/mol. The van der Waals surface area contributed by atoms with Crippen molar-refractivity contribution in [2.24, 2.45) is 4.99 Å². The topological polar surface area (TPSA) is 69.6 Å². The largest absolute Gasteiger partial charge is 0.378 e. The van der Waals surface area contributed by atoms with Crippen molar-refractivity contribution in [2.45, 2.75) is 44.6 Å². The van der Waals surface area contributed by atoms with Gasteiger partial charge in [-0.15, -0.1) is 0 Å². The van der Waals surface area contributed by atoms with Crippen LogP contribution in [0.15, 0.2) is 4.99 Å². The fraction of sp³-hybridized carbons (Fsp3) is 0.905. The van der Waals surface area contributed by atoms with Crippen molar-refractivity contribution in [3.8, 4) is 0 Å². The van der Waals surface area contributed by atoms with Gasteiger partial charge in [-0.3, -0.25) is 14.7 Å². The van der Waals surface area contributed by atoms with Crippen LogP contribution in [0.1, 0.15) is 38.5 Å². The summed E-state index contributed by atoms with van der Waals surface area (Å²) in [5, 5.41) is 3.45. The zero-order chi connectivity index (χ0) is 20.3. The Morgan fingerprint density at radius 1 is 1.00 bits per heavy atom. The van der Waals surface area contributed by atoms with E-state index in [2.05, 4.69) is 20.1 Å². The van der Waals surface area contributed by atoms with Gasteiger partial charge in [-0.25, -0.2) is 0 Å². The van der Waals surface area contributed by atoms with Crippen LogP contribution in [0.3, 0.4) is 0 Å². The fourth-order valence-electron chi connectivity index (χ4n) is 4.35. The summed E-state index contributed by atoms with van der Waals surface area (Å²) >= 11 is 0. The molecule has 1 saturated carbocycles. The van der Waals surface area contributed by atoms with E-state index in [0.717, 1.165) is 58.4 Å². The molecule has 0 unspecified atom stereocenters. The number of aliphatic imine (C=N–C) groups is 1. The average molecular weight is 410 g/mol. The molecule has 3 aliphatic rings. The number of nitrogens with zero attached hydrogens (tertiary/aromatic N) is 4. The van der Waals surface area contributed by atoms with E-state index in [-0.39, 0.29) is 5.91 Å². The number of carbonyl (C=O) groups excluding carboxylic acids is 1. The first-order valence-electron chi connectivity index (χ1n) is 11.4. The third kappa shape index (κ3) is 7.42. The summed E-state index contributed by atoms with van der Waals surface area (Å²) in [7, 11) is 1.84. The molecule has 3 rings (SSSR count). The lowest BCUT2D eigenvalue weighted by atomic mass is 10.1. The van der Waals surface area contributed by atoms with E-state index in [1.54, 1.807) is 0 Å². The minimum Gasteiger partial charge on any atom is -0.378 e. The van der Waals surface area contributed by atoms with Gasteiger partial charge in [-0.1, -0.05) is 25.7 Å². The molecule has 3 fully saturated rings. The SMILES string of the molecule is CN=C(NCCOC1CCCCCC1)N1CCN(CC(=O)N2CCOCC2)CC1. The molecule has 0 aromatic carbocycles. The summed E-state index contributed by atoms with van der Waals surface area (Å²) in [5.41, 5.74) is 0. The van der Waals surface area contributed by atoms with Crippen molar-refractivity contribution >= 4 is 11.9 Å². The second-order valence-corrected chi connectivity index (χ2v) is 8.21. The molecule has 29 heavy (non-hydrogen) atoms. The predicted octanol–water partition coefficient (Wildman–Crippen LogP) is 0.778. The van der Waals surface area contributed by atoms with Crippen LogP contribution in [0.25, 0.3) is 0 Å². The van der Waals surface area contributed by atoms with Crippen LogP contribution in [0.4, 0.5) is 0 Å². The Bertz CT molecular complexity index is 508. The Balaban J connectivity index is 1.31. The van der Waals surface area contributed by atoms with Crippen LogP contribution in [0, 0.1) is 0 Å². The fourth-order valence-corrected chi connectivity index (χ4v) is 4.35. The molecule has 0 atom stereocenters. The minimum absolute atomic E-state index is 0.222. The van der Waals surface area contributed by atoms with E-state index in [1.165, 1.54) is 38.5 Å². The van der Waals surface area contributed by atoms with Crippen molar-refractivity contribution in [1.29, 1.82) is 0 Å². The van der Waals surface area contributed by atoms with E-state index >= 15 is 0 Å². The molecule has 2 heterocycles. The van der Waals surface area contributed by atoms with Crippen LogP contribution in [-0.2, 0) is 14.3 Å². The number of piperazine rings is 1. The first-order valence-corrected chi connectivity index (χ1v) is 11.4. The van der Waals surface area contributed by atoms with Crippen LogP contribution in [-0.4, -0.2) is 112 Å². The lowest BCUT2D eigenvalue weighted by Gasteiger charge is -2.37. The molecule has 0 bridgehead atoms. The van der Waals surface area contributed by atoms with Gasteiger partial charge in [0.2, 0.25) is 5.91 Å². The van der Waals surface area contributed by atoms with E-state index in [4.69, 9.17) is 9.47 Å². The van der Waals surface area contributed by atoms with Gasteiger partial charge in [0.05, 0.1) is 32.5 Å². The third-order valence-corrected chi connectivity index (χ3v) is 6.15. The Kier molecular flexibility index (Phi) is 9.50. The predicted molar refractivity (Wildman–Crippen MR) is 114 cm³/mol. The summed E-state index contributed by atoms with van der Waals surface area (Å²) < 4.78 is 11.4. The molecule has 8 nitrogen and oxygen atoms in total. The van der Waals surface area contributed by atoms with Gasteiger partial charge in [0.15, 0.2) is 5.96 Å². The van der Waals surface area contributed by atoms with Crippen LogP contribution in [0.5, 0.6) is 0 Å². The summed E-state index contributed by atoms with van der Waals surface area (Å²) in [6, 6.07) is 0. The summed E-state index contributed by atoms with van der Waals surface area (Å²) in [6.07, 6.45) is 8.17. The molecule has 2 saturated heterocycles. The average Bonchev–Trinajstić information content (AvgIpc) is 3.04. The van der Waals surface area contributed by atoms with Crippen molar-refractivity contribution in [1.82, 2.24) is 20.0 Å². The maximum atomic E-state index is 12.4. The van der Waals surface area contributed by atoms with Crippen LogP contribution < -0.4 is 5.32 Å². The highest BCUT2D eigenvalue weighted by atomic mass is 16.5. The number of hydrogen-bond donors (Lipinski definition) is 1. The van der Waals surface area contributed by atoms with Gasteiger partial charge in [-0.2, -0.15) is 0 Å². The van der Waals surface area contributed by atoms with Gasteiger partial charge >= 0.3 is 0 Å². The van der Waals surface area contributed by atoms with E-state index in [0.29, 0.717) is 25.9 Å². The number of morpholine rings is 1. The van der Waals surface area contributed by atoms with Crippen LogP contribution in [0.2, 0.25) is 0 Å². The zero-order valence-corrected chi connectivity index (χ0v) is 18.1. The smallest absolute Gasteiger partial charge is 0.236 e. The van der Waals surface area contributed by atoms with Crippen molar-refractivity contribution in [3.63, 3.8) is 0 Å². The highest BCUT2D eigenvalue weighted by Crippen LogP contribution is 2.19. The van der Waals surface area contributed by atoms with E-state index in [9.17, 15) is 4.79 Å². The second-order valence-electron chi connectivity index (χ2n) is 8.21. The van der Waals surface area contributed by atoms with E-state index in [1.807, 2.05) is 11.9 Å². The van der Waals surface area contributed by atoms with Crippen molar-refractivity contribution in [3.05, 3.63) is 0 Å². The third-order valence-electron chi connectivity index (χ3n) is 6.15. The quantitative estimate of drug-likeness (QED) is 0.303. The van der Waals surface area contributed by atoms with Crippen molar-refractivity contribution in [2.75, 3.05) is 79.2 Å². The Morgan fingerprint density at radius 2 is 1.69 bits per heavy atom. The van der Waals surface area contributed by atoms with Crippen molar-refractivity contribution < 1.29 is 14.3 Å². The first kappa shape index (κ1) is 22.3. The second kappa shape index (κ2) is 12.3. The molecule has 8 heteroatoms. The van der Waals surface area contributed by atoms with Gasteiger partial charge in [0.25, 0.3) is 0 Å². The molecule has 0 radical (unpaired) electrons. The molecule has 1 aliphatic carbocycles. The Labute approximate surface area is 175 Å². The summed E-state index contributed by atoms with van der Waals surface area (Å²) in [6.45, 7) is 8.34. The molecular weight excluding hydrogens is 370 g/mol. The standard InChI is InChI=1S/C21H39N5O3/c1-22-21(23-8-15-29-19-6-4-2-3-5-7-19)26-11-9-24(10-12-26)18-20(27)25-13-16-28-17-14-25/h19H,2-18H2,1H3,(H,22,23). The lowest BCUT2D eigenvalue weighted by molar-refractivity contribution is -0.136. The number of nitrogens with one attached hydrogen (secondary N) is 1. The number of ether oxygens (including phenoxy) is 2. The molecule has 1 amide bonds. The highest BCUT2D eigenvalue weighted by Gasteiger charge is 2.24. The molecule has 0 spiro atoms. The summed E-state index contributed by atoms with van der Waals surface area (Å²) in [4.78, 5) is 23.3.